The molecular weight excluding hydrogens is 342 g/mol. The molecule has 140 valence electrons. The molecule has 0 fully saturated rings. The van der Waals surface area contributed by atoms with Gasteiger partial charge in [0, 0.05) is 28.1 Å². The van der Waals surface area contributed by atoms with Gasteiger partial charge >= 0.3 is 5.97 Å². The number of hydrogen-bond donors (Lipinski definition) is 2. The van der Waals surface area contributed by atoms with Crippen LogP contribution in [0.25, 0.3) is 6.08 Å². The summed E-state index contributed by atoms with van der Waals surface area (Å²) < 4.78 is 0. The zero-order chi connectivity index (χ0) is 18.6. The van der Waals surface area contributed by atoms with Gasteiger partial charge in [0.25, 0.3) is 0 Å². The van der Waals surface area contributed by atoms with Crippen molar-refractivity contribution in [1.29, 1.82) is 0 Å². The molecule has 0 saturated carbocycles. The van der Waals surface area contributed by atoms with Crippen molar-refractivity contribution in [2.75, 3.05) is 5.32 Å². The monoisotopic (exact) mass is 371 g/mol. The van der Waals surface area contributed by atoms with Gasteiger partial charge in [0.2, 0.25) is 0 Å². The summed E-state index contributed by atoms with van der Waals surface area (Å²) in [6.07, 6.45) is 12.0. The Hall–Kier alpha value is -2.07. The molecule has 0 amide bonds. The average molecular weight is 372 g/mol. The van der Waals surface area contributed by atoms with E-state index in [9.17, 15) is 4.79 Å². The minimum atomic E-state index is -0.929. The topological polar surface area (TPSA) is 49.3 Å². The molecule has 3 nitrogen and oxygen atoms in total. The molecule has 2 aromatic rings. The van der Waals surface area contributed by atoms with Crippen molar-refractivity contribution in [2.24, 2.45) is 0 Å². The van der Waals surface area contributed by atoms with Gasteiger partial charge in [-0.05, 0) is 48.7 Å². The lowest BCUT2D eigenvalue weighted by Crippen LogP contribution is -1.96. The number of carbonyl (C=O) groups is 1. The van der Waals surface area contributed by atoms with E-state index in [4.69, 9.17) is 5.11 Å². The van der Waals surface area contributed by atoms with Crippen molar-refractivity contribution in [2.45, 2.75) is 58.4 Å². The number of aliphatic carboxylic acids is 1. The van der Waals surface area contributed by atoms with Crippen LogP contribution in [-0.2, 0) is 17.8 Å². The second kappa shape index (κ2) is 11.5. The van der Waals surface area contributed by atoms with Crippen LogP contribution in [0.1, 0.15) is 60.8 Å². The van der Waals surface area contributed by atoms with E-state index in [1.807, 2.05) is 35.6 Å². The average Bonchev–Trinajstić information content (AvgIpc) is 3.10. The summed E-state index contributed by atoms with van der Waals surface area (Å²) in [4.78, 5) is 13.4. The number of rotatable bonds is 12. The van der Waals surface area contributed by atoms with Crippen LogP contribution in [0.3, 0.4) is 0 Å². The third-order valence-corrected chi connectivity index (χ3v) is 5.43. The van der Waals surface area contributed by atoms with Crippen molar-refractivity contribution >= 4 is 29.1 Å². The highest BCUT2D eigenvalue weighted by atomic mass is 32.1. The van der Waals surface area contributed by atoms with Crippen LogP contribution in [0.2, 0.25) is 0 Å². The maximum absolute atomic E-state index is 10.5. The number of anilines is 1. The summed E-state index contributed by atoms with van der Waals surface area (Å²) in [5.41, 5.74) is 1.93. The summed E-state index contributed by atoms with van der Waals surface area (Å²) in [5, 5.41) is 12.1. The first kappa shape index (κ1) is 20.2. The second-order valence-corrected chi connectivity index (χ2v) is 7.79. The Morgan fingerprint density at radius 2 is 1.69 bits per heavy atom. The lowest BCUT2D eigenvalue weighted by molar-refractivity contribution is -0.131. The van der Waals surface area contributed by atoms with Crippen molar-refractivity contribution in [1.82, 2.24) is 0 Å². The van der Waals surface area contributed by atoms with E-state index in [2.05, 4.69) is 24.4 Å². The fourth-order valence-electron chi connectivity index (χ4n) is 2.80. The van der Waals surface area contributed by atoms with Gasteiger partial charge in [0.05, 0.1) is 0 Å². The van der Waals surface area contributed by atoms with Gasteiger partial charge in [-0.15, -0.1) is 11.3 Å². The van der Waals surface area contributed by atoms with Crippen molar-refractivity contribution < 1.29 is 9.90 Å². The van der Waals surface area contributed by atoms with E-state index in [0.717, 1.165) is 23.9 Å². The number of thiophene rings is 1. The van der Waals surface area contributed by atoms with Gasteiger partial charge in [0.15, 0.2) is 0 Å². The molecule has 1 aromatic heterocycles. The fraction of sp³-hybridized carbons (Fsp3) is 0.409. The van der Waals surface area contributed by atoms with E-state index < -0.39 is 5.97 Å². The van der Waals surface area contributed by atoms with Crippen LogP contribution < -0.4 is 5.32 Å². The Bertz CT molecular complexity index is 688. The molecule has 0 aliphatic carbocycles. The van der Waals surface area contributed by atoms with E-state index >= 15 is 0 Å². The second-order valence-electron chi connectivity index (χ2n) is 6.53. The van der Waals surface area contributed by atoms with Crippen LogP contribution >= 0.6 is 11.3 Å². The molecule has 0 atom stereocenters. The number of carboxylic acids is 1. The standard InChI is InChI=1S/C22H29NO2S/c1-2-3-4-5-6-7-8-20-14-15-21(26-20)17-23-19-12-9-18(10-13-19)11-16-22(24)25/h9-16,23H,2-8,17H2,1H3,(H,24,25)/b16-11+. The molecule has 0 radical (unpaired) electrons. The van der Waals surface area contributed by atoms with Gasteiger partial charge < -0.3 is 10.4 Å². The quantitative estimate of drug-likeness (QED) is 0.337. The van der Waals surface area contributed by atoms with Gasteiger partial charge in [-0.2, -0.15) is 0 Å². The first-order valence-corrected chi connectivity index (χ1v) is 10.3. The summed E-state index contributed by atoms with van der Waals surface area (Å²) in [6.45, 7) is 3.08. The van der Waals surface area contributed by atoms with Crippen LogP contribution in [0, 0.1) is 0 Å². The highest BCUT2D eigenvalue weighted by molar-refractivity contribution is 7.12. The maximum atomic E-state index is 10.5. The summed E-state index contributed by atoms with van der Waals surface area (Å²) in [5.74, 6) is -0.929. The number of nitrogens with one attached hydrogen (secondary N) is 1. The Morgan fingerprint density at radius 1 is 1.00 bits per heavy atom. The Morgan fingerprint density at radius 3 is 2.42 bits per heavy atom. The smallest absolute Gasteiger partial charge is 0.328 e. The Balaban J connectivity index is 1.71. The first-order chi connectivity index (χ1) is 12.7. The number of aryl methyl sites for hydroxylation is 1. The molecule has 1 aromatic carbocycles. The third kappa shape index (κ3) is 7.87. The normalized spacial score (nSPS) is 11.1. The van der Waals surface area contributed by atoms with E-state index in [1.165, 1.54) is 54.7 Å². The van der Waals surface area contributed by atoms with Crippen LogP contribution in [0.4, 0.5) is 5.69 Å². The number of benzene rings is 1. The lowest BCUT2D eigenvalue weighted by Gasteiger charge is -2.05. The zero-order valence-electron chi connectivity index (χ0n) is 15.5. The fourth-order valence-corrected chi connectivity index (χ4v) is 3.80. The maximum Gasteiger partial charge on any atom is 0.328 e. The molecule has 1 heterocycles. The predicted octanol–water partition coefficient (Wildman–Crippen LogP) is 6.36. The molecule has 0 bridgehead atoms. The van der Waals surface area contributed by atoms with Crippen molar-refractivity contribution in [3.63, 3.8) is 0 Å². The molecule has 26 heavy (non-hydrogen) atoms. The summed E-state index contributed by atoms with van der Waals surface area (Å²) in [7, 11) is 0. The third-order valence-electron chi connectivity index (χ3n) is 4.29. The van der Waals surface area contributed by atoms with Crippen molar-refractivity contribution in [3.05, 3.63) is 57.8 Å². The van der Waals surface area contributed by atoms with Gasteiger partial charge in [-0.25, -0.2) is 4.79 Å². The Labute approximate surface area is 160 Å². The minimum absolute atomic E-state index is 0.825. The molecule has 0 spiro atoms. The molecule has 2 rings (SSSR count). The lowest BCUT2D eigenvalue weighted by atomic mass is 10.1. The highest BCUT2D eigenvalue weighted by Gasteiger charge is 2.01. The SMILES string of the molecule is CCCCCCCCc1ccc(CNc2ccc(/C=C/C(=O)O)cc2)s1. The van der Waals surface area contributed by atoms with Crippen LogP contribution in [0.5, 0.6) is 0 Å². The number of hydrogen-bond acceptors (Lipinski definition) is 3. The van der Waals surface area contributed by atoms with Crippen LogP contribution in [0.15, 0.2) is 42.5 Å². The molecule has 0 saturated heterocycles. The molecule has 0 aliphatic rings. The molecule has 2 N–H and O–H groups in total. The number of unbranched alkanes of at least 4 members (excludes halogenated alkanes) is 5. The van der Waals surface area contributed by atoms with Gasteiger partial charge in [-0.3, -0.25) is 0 Å². The molecule has 0 aliphatic heterocycles. The molecule has 0 unspecified atom stereocenters. The van der Waals surface area contributed by atoms with E-state index in [1.54, 1.807) is 6.08 Å². The summed E-state index contributed by atoms with van der Waals surface area (Å²) >= 11 is 1.90. The summed E-state index contributed by atoms with van der Waals surface area (Å²) in [6, 6.07) is 12.3. The van der Waals surface area contributed by atoms with E-state index in [-0.39, 0.29) is 0 Å². The van der Waals surface area contributed by atoms with Gasteiger partial charge in [-0.1, -0.05) is 51.2 Å². The molecular formula is C22H29NO2S. The highest BCUT2D eigenvalue weighted by Crippen LogP contribution is 2.21. The van der Waals surface area contributed by atoms with Gasteiger partial charge in [0.1, 0.15) is 0 Å². The van der Waals surface area contributed by atoms with E-state index in [0.29, 0.717) is 0 Å². The van der Waals surface area contributed by atoms with Crippen molar-refractivity contribution in [3.8, 4) is 0 Å². The molecule has 4 heteroatoms. The predicted molar refractivity (Wildman–Crippen MR) is 112 cm³/mol. The van der Waals surface area contributed by atoms with Crippen LogP contribution in [-0.4, -0.2) is 11.1 Å². The Kier molecular flexibility index (Phi) is 8.98. The zero-order valence-corrected chi connectivity index (χ0v) is 16.4. The number of carboxylic acid groups (broad SMARTS) is 1. The largest absolute Gasteiger partial charge is 0.478 e. The minimum Gasteiger partial charge on any atom is -0.478 e. The first-order valence-electron chi connectivity index (χ1n) is 9.50.